The summed E-state index contributed by atoms with van der Waals surface area (Å²) in [6, 6.07) is 3.86. The monoisotopic (exact) mass is 470 g/mol. The first kappa shape index (κ1) is 23.9. The summed E-state index contributed by atoms with van der Waals surface area (Å²) in [4.78, 5) is 35.4. The van der Waals surface area contributed by atoms with E-state index in [1.807, 2.05) is 38.7 Å². The Bertz CT molecular complexity index is 1030. The Kier molecular flexibility index (Phi) is 6.74. The second kappa shape index (κ2) is 9.57. The summed E-state index contributed by atoms with van der Waals surface area (Å²) in [5.41, 5.74) is 6.02. The standard InChI is InChI=1S/C23H34N8O3/c1-13-8-19(30-29-13)27-18-11-17(21(24)32)26-20(28-18)12-25-14-9-15-6-5-7-16(10-14)31(15)22(33)34-23(2,3)4/h8,11,14-16,25H,5-7,9-10,12H2,1-4H3,(H2,24,32)(H2,26,27,28,29,30). The van der Waals surface area contributed by atoms with E-state index in [2.05, 4.69) is 30.8 Å². The van der Waals surface area contributed by atoms with Crippen molar-refractivity contribution in [3.05, 3.63) is 29.3 Å². The first-order chi connectivity index (χ1) is 16.1. The van der Waals surface area contributed by atoms with Crippen LogP contribution in [-0.2, 0) is 11.3 Å². The van der Waals surface area contributed by atoms with Gasteiger partial charge in [0.1, 0.15) is 22.9 Å². The van der Waals surface area contributed by atoms with E-state index >= 15 is 0 Å². The third-order valence-corrected chi connectivity index (χ3v) is 6.11. The van der Waals surface area contributed by atoms with Crippen molar-refractivity contribution < 1.29 is 14.3 Å². The average molecular weight is 471 g/mol. The minimum atomic E-state index is -0.620. The van der Waals surface area contributed by atoms with Crippen LogP contribution in [0, 0.1) is 6.92 Å². The van der Waals surface area contributed by atoms with Gasteiger partial charge in [0, 0.05) is 36.0 Å². The molecular formula is C23H34N8O3. The van der Waals surface area contributed by atoms with E-state index in [9.17, 15) is 9.59 Å². The third kappa shape index (κ3) is 5.82. The van der Waals surface area contributed by atoms with Crippen LogP contribution in [0.5, 0.6) is 0 Å². The predicted molar refractivity (Wildman–Crippen MR) is 127 cm³/mol. The zero-order valence-corrected chi connectivity index (χ0v) is 20.2. The minimum absolute atomic E-state index is 0.137. The number of carbonyl (C=O) groups excluding carboxylic acids is 2. The molecule has 0 aliphatic carbocycles. The van der Waals surface area contributed by atoms with E-state index < -0.39 is 11.5 Å². The maximum atomic E-state index is 12.8. The van der Waals surface area contributed by atoms with Crippen LogP contribution in [0.25, 0.3) is 0 Å². The van der Waals surface area contributed by atoms with E-state index in [1.165, 1.54) is 6.07 Å². The number of carbonyl (C=O) groups is 2. The number of piperidine rings is 2. The first-order valence-electron chi connectivity index (χ1n) is 11.8. The Labute approximate surface area is 199 Å². The topological polar surface area (TPSA) is 151 Å². The van der Waals surface area contributed by atoms with Crippen LogP contribution >= 0.6 is 0 Å². The number of aryl methyl sites for hydroxylation is 1. The van der Waals surface area contributed by atoms with Gasteiger partial charge in [0.15, 0.2) is 5.82 Å². The highest BCUT2D eigenvalue weighted by Gasteiger charge is 2.42. The van der Waals surface area contributed by atoms with Gasteiger partial charge in [-0.25, -0.2) is 14.8 Å². The highest BCUT2D eigenvalue weighted by atomic mass is 16.6. The Morgan fingerprint density at radius 3 is 2.47 bits per heavy atom. The van der Waals surface area contributed by atoms with Gasteiger partial charge < -0.3 is 26.0 Å². The third-order valence-electron chi connectivity index (χ3n) is 6.11. The molecule has 11 nitrogen and oxygen atoms in total. The maximum absolute atomic E-state index is 12.8. The molecule has 4 rings (SSSR count). The molecule has 2 aliphatic rings. The molecule has 4 heterocycles. The number of nitrogens with two attached hydrogens (primary N) is 1. The molecule has 2 saturated heterocycles. The number of hydrogen-bond donors (Lipinski definition) is 4. The highest BCUT2D eigenvalue weighted by Crippen LogP contribution is 2.35. The lowest BCUT2D eigenvalue weighted by Gasteiger charge is -2.48. The molecule has 0 radical (unpaired) electrons. The normalized spacial score (nSPS) is 22.4. The van der Waals surface area contributed by atoms with Crippen molar-refractivity contribution in [2.45, 2.75) is 90.1 Å². The van der Waals surface area contributed by atoms with Crippen molar-refractivity contribution in [1.82, 2.24) is 30.4 Å². The number of fused-ring (bicyclic) bond motifs is 2. The number of aromatic amines is 1. The molecule has 2 aliphatic heterocycles. The molecule has 11 heteroatoms. The van der Waals surface area contributed by atoms with Gasteiger partial charge in [-0.2, -0.15) is 5.10 Å². The molecule has 34 heavy (non-hydrogen) atoms. The minimum Gasteiger partial charge on any atom is -0.444 e. The Balaban J connectivity index is 1.42. The molecular weight excluding hydrogens is 436 g/mol. The van der Waals surface area contributed by atoms with Gasteiger partial charge >= 0.3 is 6.09 Å². The predicted octanol–water partition coefficient (Wildman–Crippen LogP) is 2.76. The first-order valence-corrected chi connectivity index (χ1v) is 11.8. The summed E-state index contributed by atoms with van der Waals surface area (Å²) in [6.45, 7) is 7.96. The molecule has 2 aromatic heterocycles. The van der Waals surface area contributed by atoms with Gasteiger partial charge in [0.2, 0.25) is 0 Å². The molecule has 2 amide bonds. The summed E-state index contributed by atoms with van der Waals surface area (Å²) in [5, 5.41) is 13.6. The quantitative estimate of drug-likeness (QED) is 0.503. The van der Waals surface area contributed by atoms with Gasteiger partial charge in [0.25, 0.3) is 5.91 Å². The number of primary amides is 1. The number of H-pyrrole nitrogens is 1. The highest BCUT2D eigenvalue weighted by molar-refractivity contribution is 5.91. The van der Waals surface area contributed by atoms with Crippen LogP contribution in [0.3, 0.4) is 0 Å². The van der Waals surface area contributed by atoms with E-state index in [-0.39, 0.29) is 29.9 Å². The smallest absolute Gasteiger partial charge is 0.410 e. The summed E-state index contributed by atoms with van der Waals surface area (Å²) in [5.74, 6) is 0.882. The average Bonchev–Trinajstić information content (AvgIpc) is 3.14. The van der Waals surface area contributed by atoms with Gasteiger partial charge in [-0.15, -0.1) is 0 Å². The fourth-order valence-electron chi connectivity index (χ4n) is 4.78. The Morgan fingerprint density at radius 1 is 1.18 bits per heavy atom. The summed E-state index contributed by atoms with van der Waals surface area (Å²) in [7, 11) is 0. The zero-order valence-electron chi connectivity index (χ0n) is 20.2. The lowest BCUT2D eigenvalue weighted by Crippen LogP contribution is -2.59. The summed E-state index contributed by atoms with van der Waals surface area (Å²) in [6.07, 6.45) is 4.51. The van der Waals surface area contributed by atoms with Crippen LogP contribution in [0.4, 0.5) is 16.4 Å². The fourth-order valence-corrected chi connectivity index (χ4v) is 4.78. The maximum Gasteiger partial charge on any atom is 0.410 e. The molecule has 5 N–H and O–H groups in total. The molecule has 2 atom stereocenters. The van der Waals surface area contributed by atoms with Crippen molar-refractivity contribution in [2.75, 3.05) is 5.32 Å². The second-order valence-corrected chi connectivity index (χ2v) is 10.2. The molecule has 184 valence electrons. The van der Waals surface area contributed by atoms with Gasteiger partial charge in [-0.05, 0) is 59.8 Å². The second-order valence-electron chi connectivity index (χ2n) is 10.2. The SMILES string of the molecule is Cc1cc(Nc2cc(C(N)=O)nc(CNC3CC4CCCC(C3)N4C(=O)OC(C)(C)C)n2)n[nH]1. The number of rotatable bonds is 6. The molecule has 0 saturated carbocycles. The number of nitrogens with zero attached hydrogens (tertiary/aromatic N) is 4. The van der Waals surface area contributed by atoms with Crippen LogP contribution < -0.4 is 16.4 Å². The molecule has 2 fully saturated rings. The molecule has 0 aromatic carbocycles. The van der Waals surface area contributed by atoms with Crippen LogP contribution in [0.2, 0.25) is 0 Å². The largest absolute Gasteiger partial charge is 0.444 e. The number of nitrogens with one attached hydrogen (secondary N) is 3. The van der Waals surface area contributed by atoms with Gasteiger partial charge in [0.05, 0.1) is 6.54 Å². The molecule has 2 unspecified atom stereocenters. The fraction of sp³-hybridized carbons (Fsp3) is 0.609. The number of anilines is 2. The molecule has 2 aromatic rings. The van der Waals surface area contributed by atoms with Crippen molar-refractivity contribution in [1.29, 1.82) is 0 Å². The van der Waals surface area contributed by atoms with Crippen molar-refractivity contribution in [3.63, 3.8) is 0 Å². The van der Waals surface area contributed by atoms with E-state index in [1.54, 1.807) is 0 Å². The summed E-state index contributed by atoms with van der Waals surface area (Å²) >= 11 is 0. The van der Waals surface area contributed by atoms with Crippen LogP contribution in [0.15, 0.2) is 12.1 Å². The number of aromatic nitrogens is 4. The lowest BCUT2D eigenvalue weighted by molar-refractivity contribution is -0.0236. The van der Waals surface area contributed by atoms with Gasteiger partial charge in [-0.3, -0.25) is 9.89 Å². The van der Waals surface area contributed by atoms with E-state index in [0.29, 0.717) is 24.0 Å². The Hall–Kier alpha value is -3.21. The van der Waals surface area contributed by atoms with Crippen LogP contribution in [0.1, 0.15) is 74.9 Å². The van der Waals surface area contributed by atoms with Gasteiger partial charge in [-0.1, -0.05) is 0 Å². The van der Waals surface area contributed by atoms with Crippen molar-refractivity contribution >= 4 is 23.6 Å². The zero-order chi connectivity index (χ0) is 24.5. The number of hydrogen-bond acceptors (Lipinski definition) is 8. The van der Waals surface area contributed by atoms with Crippen molar-refractivity contribution in [3.8, 4) is 0 Å². The van der Waals surface area contributed by atoms with E-state index in [4.69, 9.17) is 10.5 Å². The van der Waals surface area contributed by atoms with Crippen molar-refractivity contribution in [2.24, 2.45) is 5.73 Å². The molecule has 0 spiro atoms. The number of ether oxygens (including phenoxy) is 1. The van der Waals surface area contributed by atoms with Crippen LogP contribution in [-0.4, -0.2) is 60.8 Å². The molecule has 2 bridgehead atoms. The number of amides is 2. The van der Waals surface area contributed by atoms with E-state index in [0.717, 1.165) is 37.8 Å². The Morgan fingerprint density at radius 2 is 1.88 bits per heavy atom. The summed E-state index contributed by atoms with van der Waals surface area (Å²) < 4.78 is 5.67. The lowest BCUT2D eigenvalue weighted by atomic mass is 9.82.